The monoisotopic (exact) mass is 500 g/mol. The van der Waals surface area contributed by atoms with Crippen LogP contribution in [0.1, 0.15) is 43.6 Å². The number of hydrogen-bond acceptors (Lipinski definition) is 9. The molecule has 0 N–H and O–H groups in total. The summed E-state index contributed by atoms with van der Waals surface area (Å²) in [4.78, 5) is 35.7. The maximum absolute atomic E-state index is 12.0. The molecule has 5 atom stereocenters. The van der Waals surface area contributed by atoms with Crippen molar-refractivity contribution in [3.63, 3.8) is 0 Å². The molecule has 182 valence electrons. The molecule has 0 unspecified atom stereocenters. The Bertz CT molecular complexity index is 889. The van der Waals surface area contributed by atoms with E-state index in [2.05, 4.69) is 6.58 Å². The van der Waals surface area contributed by atoms with Crippen molar-refractivity contribution in [3.8, 4) is 0 Å². The van der Waals surface area contributed by atoms with E-state index in [0.717, 1.165) is 5.56 Å². The average Bonchev–Trinajstić information content (AvgIpc) is 2.72. The Balaban J connectivity index is 2.56. The predicted octanol–water partition coefficient (Wildman–Crippen LogP) is 3.91. The van der Waals surface area contributed by atoms with Crippen LogP contribution in [-0.2, 0) is 44.7 Å². The number of thioether (sulfide) groups is 1. The van der Waals surface area contributed by atoms with E-state index in [1.165, 1.54) is 32.5 Å². The van der Waals surface area contributed by atoms with Gasteiger partial charge in [0.05, 0.1) is 13.2 Å². The van der Waals surface area contributed by atoms with Crippen LogP contribution >= 0.6 is 23.4 Å². The maximum Gasteiger partial charge on any atom is 0.303 e. The van der Waals surface area contributed by atoms with Crippen LogP contribution in [-0.4, -0.2) is 54.5 Å². The first-order valence-electron chi connectivity index (χ1n) is 10.3. The van der Waals surface area contributed by atoms with Gasteiger partial charge in [-0.05, 0) is 35.9 Å². The van der Waals surface area contributed by atoms with Gasteiger partial charge in [0.1, 0.15) is 11.5 Å². The van der Waals surface area contributed by atoms with Gasteiger partial charge < -0.3 is 23.7 Å². The van der Waals surface area contributed by atoms with Gasteiger partial charge in [0.15, 0.2) is 18.3 Å². The quantitative estimate of drug-likeness (QED) is 0.216. The molecule has 1 aliphatic rings. The van der Waals surface area contributed by atoms with Crippen LogP contribution in [0.4, 0.5) is 0 Å². The first-order valence-corrected chi connectivity index (χ1v) is 11.9. The molecule has 0 radical (unpaired) electrons. The molecule has 0 aromatic heterocycles. The summed E-state index contributed by atoms with van der Waals surface area (Å²) in [6.07, 6.45) is -0.545. The number of halogens is 1. The lowest BCUT2D eigenvalue weighted by Crippen LogP contribution is -2.57. The molecule has 1 aromatic carbocycles. The number of esters is 3. The van der Waals surface area contributed by atoms with E-state index in [0.29, 0.717) is 22.8 Å². The van der Waals surface area contributed by atoms with E-state index in [1.54, 1.807) is 18.4 Å². The Morgan fingerprint density at radius 1 is 1.06 bits per heavy atom. The highest BCUT2D eigenvalue weighted by molar-refractivity contribution is 7.99. The Morgan fingerprint density at radius 2 is 1.64 bits per heavy atom. The van der Waals surface area contributed by atoms with E-state index in [9.17, 15) is 14.4 Å². The van der Waals surface area contributed by atoms with Crippen LogP contribution in [0.2, 0.25) is 5.02 Å². The van der Waals surface area contributed by atoms with Gasteiger partial charge in [-0.3, -0.25) is 14.4 Å². The second kappa shape index (κ2) is 12.4. The number of aryl methyl sites for hydroxylation is 1. The summed E-state index contributed by atoms with van der Waals surface area (Å²) in [7, 11) is 0. The van der Waals surface area contributed by atoms with Crippen molar-refractivity contribution >= 4 is 41.3 Å². The summed E-state index contributed by atoms with van der Waals surface area (Å²) in [5, 5.41) is 0.540. The lowest BCUT2D eigenvalue weighted by molar-refractivity contribution is -0.233. The van der Waals surface area contributed by atoms with Crippen molar-refractivity contribution in [1.29, 1.82) is 0 Å². The molecular formula is C23H29ClO8S. The molecular weight excluding hydrogens is 472 g/mol. The molecule has 1 heterocycles. The molecule has 1 saturated heterocycles. The van der Waals surface area contributed by atoms with Crippen molar-refractivity contribution < 1.29 is 38.1 Å². The minimum absolute atomic E-state index is 0.236. The minimum Gasteiger partial charge on any atom is -0.455 e. The molecule has 1 fully saturated rings. The van der Waals surface area contributed by atoms with Crippen molar-refractivity contribution in [2.24, 2.45) is 0 Å². The van der Waals surface area contributed by atoms with Gasteiger partial charge in [0, 0.05) is 25.8 Å². The van der Waals surface area contributed by atoms with Gasteiger partial charge in [-0.1, -0.05) is 23.7 Å². The number of rotatable bonds is 9. The second-order valence-electron chi connectivity index (χ2n) is 7.50. The molecule has 10 heteroatoms. The molecule has 0 amide bonds. The number of benzene rings is 1. The topological polar surface area (TPSA) is 97.4 Å². The molecule has 2 rings (SSSR count). The van der Waals surface area contributed by atoms with E-state index >= 15 is 0 Å². The minimum atomic E-state index is -1.08. The van der Waals surface area contributed by atoms with Gasteiger partial charge >= 0.3 is 17.9 Å². The summed E-state index contributed by atoms with van der Waals surface area (Å²) in [5.74, 6) is -1.79. The number of ether oxygens (including phenoxy) is 5. The third kappa shape index (κ3) is 7.20. The molecule has 8 nitrogen and oxygen atoms in total. The van der Waals surface area contributed by atoms with Gasteiger partial charge in [-0.2, -0.15) is 0 Å². The van der Waals surface area contributed by atoms with Crippen LogP contribution in [0.25, 0.3) is 0 Å². The summed E-state index contributed by atoms with van der Waals surface area (Å²) < 4.78 is 28.3. The van der Waals surface area contributed by atoms with Gasteiger partial charge in [0.2, 0.25) is 0 Å². The van der Waals surface area contributed by atoms with Gasteiger partial charge in [-0.25, -0.2) is 0 Å². The lowest BCUT2D eigenvalue weighted by Gasteiger charge is -2.44. The fraction of sp³-hybridized carbons (Fsp3) is 0.522. The van der Waals surface area contributed by atoms with Crippen LogP contribution in [0, 0.1) is 6.92 Å². The Labute approximate surface area is 202 Å². The Hall–Kier alpha value is -2.07. The maximum atomic E-state index is 12.0. The van der Waals surface area contributed by atoms with E-state index < -0.39 is 47.8 Å². The van der Waals surface area contributed by atoms with Crippen LogP contribution in [0.3, 0.4) is 0 Å². The zero-order valence-corrected chi connectivity index (χ0v) is 20.9. The smallest absolute Gasteiger partial charge is 0.303 e. The zero-order valence-electron chi connectivity index (χ0n) is 19.3. The standard InChI is InChI=1S/C23H29ClO8S/c1-7-8-28-11-17-10-16(9-12(2)18(17)24)19-20(29-13(3)25)21(30-14(4)26)22(31-15(5)27)23(32-19)33-6/h7,9-10,19-23H,1,8,11H2,2-6H3/t19-,20-,21+,22-,23+/m0/s1. The normalized spacial score (nSPS) is 24.6. The summed E-state index contributed by atoms with van der Waals surface area (Å²) in [6.45, 7) is 9.77. The Kier molecular flexibility index (Phi) is 10.2. The summed E-state index contributed by atoms with van der Waals surface area (Å²) in [5.41, 5.74) is 1.44. The summed E-state index contributed by atoms with van der Waals surface area (Å²) in [6, 6.07) is 3.61. The van der Waals surface area contributed by atoms with Crippen molar-refractivity contribution in [3.05, 3.63) is 46.5 Å². The SMILES string of the molecule is C=CCOCc1cc([C@@H]2O[C@H](SC)[C@@H](OC(C)=O)[C@H](OC(C)=O)[C@H]2OC(C)=O)cc(C)c1Cl. The van der Waals surface area contributed by atoms with Gasteiger partial charge in [0.25, 0.3) is 0 Å². The molecule has 33 heavy (non-hydrogen) atoms. The molecule has 1 aromatic rings. The first kappa shape index (κ1) is 27.2. The molecule has 1 aliphatic heterocycles. The highest BCUT2D eigenvalue weighted by atomic mass is 35.5. The average molecular weight is 501 g/mol. The third-order valence-corrected chi connectivity index (χ3v) is 6.19. The fourth-order valence-electron chi connectivity index (χ4n) is 3.63. The van der Waals surface area contributed by atoms with Crippen molar-refractivity contribution in [2.75, 3.05) is 12.9 Å². The van der Waals surface area contributed by atoms with Crippen LogP contribution in [0.5, 0.6) is 0 Å². The van der Waals surface area contributed by atoms with E-state index in [1.807, 2.05) is 13.0 Å². The lowest BCUT2D eigenvalue weighted by atomic mass is 9.92. The highest BCUT2D eigenvalue weighted by Gasteiger charge is 2.52. The highest BCUT2D eigenvalue weighted by Crippen LogP contribution is 2.41. The fourth-order valence-corrected chi connectivity index (χ4v) is 4.50. The number of hydrogen-bond donors (Lipinski definition) is 0. The number of carbonyl (C=O) groups is 3. The Morgan fingerprint density at radius 3 is 2.18 bits per heavy atom. The van der Waals surface area contributed by atoms with Crippen LogP contribution in [0.15, 0.2) is 24.8 Å². The molecule has 0 bridgehead atoms. The number of carbonyl (C=O) groups excluding carboxylic acids is 3. The zero-order chi connectivity index (χ0) is 24.7. The van der Waals surface area contributed by atoms with Crippen molar-refractivity contribution in [2.45, 2.75) is 64.2 Å². The molecule has 0 aliphatic carbocycles. The first-order chi connectivity index (χ1) is 15.6. The van der Waals surface area contributed by atoms with E-state index in [4.69, 9.17) is 35.3 Å². The summed E-state index contributed by atoms with van der Waals surface area (Å²) >= 11 is 7.76. The predicted molar refractivity (Wildman–Crippen MR) is 124 cm³/mol. The van der Waals surface area contributed by atoms with Crippen molar-refractivity contribution in [1.82, 2.24) is 0 Å². The molecule has 0 saturated carbocycles. The second-order valence-corrected chi connectivity index (χ2v) is 8.81. The molecule has 0 spiro atoms. The largest absolute Gasteiger partial charge is 0.455 e. The van der Waals surface area contributed by atoms with E-state index in [-0.39, 0.29) is 6.61 Å². The van der Waals surface area contributed by atoms with Crippen LogP contribution < -0.4 is 0 Å². The third-order valence-electron chi connectivity index (χ3n) is 4.81. The van der Waals surface area contributed by atoms with Gasteiger partial charge in [-0.15, -0.1) is 18.3 Å².